The lowest BCUT2D eigenvalue weighted by Crippen LogP contribution is -2.37. The highest BCUT2D eigenvalue weighted by Gasteiger charge is 2.24. The number of nitrogens with one attached hydrogen (secondary N) is 1. The van der Waals surface area contributed by atoms with Crippen LogP contribution in [0.1, 0.15) is 29.9 Å². The summed E-state index contributed by atoms with van der Waals surface area (Å²) in [6.45, 7) is 5.23. The second-order valence-corrected chi connectivity index (χ2v) is 8.32. The van der Waals surface area contributed by atoms with Gasteiger partial charge in [-0.3, -0.25) is 14.2 Å². The molecular weight excluding hydrogens is 344 g/mol. The number of carbonyl (C=O) groups excluding carboxylic acids is 1. The van der Waals surface area contributed by atoms with Crippen molar-refractivity contribution in [3.8, 4) is 0 Å². The Morgan fingerprint density at radius 1 is 1.40 bits per heavy atom. The molecule has 2 aromatic rings. The molecular formula is C15H22N6O3S. The number of fused-ring (bicyclic) bond motifs is 1. The van der Waals surface area contributed by atoms with E-state index >= 15 is 0 Å². The first-order chi connectivity index (χ1) is 11.7. The predicted octanol–water partition coefficient (Wildman–Crippen LogP) is 0.0406. The van der Waals surface area contributed by atoms with Gasteiger partial charge in [0.15, 0.2) is 0 Å². The maximum Gasteiger partial charge on any atom is 0.244 e. The molecule has 3 rings (SSSR count). The number of amides is 1. The molecule has 0 aromatic carbocycles. The lowest BCUT2D eigenvalue weighted by atomic mass is 10.3. The number of aryl methyl sites for hydroxylation is 1. The summed E-state index contributed by atoms with van der Waals surface area (Å²) in [5.74, 6) is -0.146. The summed E-state index contributed by atoms with van der Waals surface area (Å²) in [7, 11) is -3.21. The van der Waals surface area contributed by atoms with E-state index in [0.29, 0.717) is 31.9 Å². The standard InChI is InChI=1S/C15H22N6O3S/c1-11-7-17-21(9-11)12(2)15(22)16-8-13-6-14-10-19(25(3,23)24)4-5-20(14)18-13/h6-7,9,12H,4-5,8,10H2,1-3H3,(H,16,22)/t12-/m1/s1. The van der Waals surface area contributed by atoms with Crippen molar-refractivity contribution in [3.05, 3.63) is 35.4 Å². The van der Waals surface area contributed by atoms with Crippen molar-refractivity contribution in [2.24, 2.45) is 0 Å². The van der Waals surface area contributed by atoms with Crippen molar-refractivity contribution in [1.82, 2.24) is 29.2 Å². The number of aromatic nitrogens is 4. The fourth-order valence-corrected chi connectivity index (χ4v) is 3.54. The SMILES string of the molecule is Cc1cnn([C@H](C)C(=O)NCc2cc3n(n2)CCN(S(C)(=O)=O)C3)c1. The summed E-state index contributed by atoms with van der Waals surface area (Å²) in [6, 6.07) is 1.42. The lowest BCUT2D eigenvalue weighted by Gasteiger charge is -2.25. The van der Waals surface area contributed by atoms with Crippen LogP contribution in [0.5, 0.6) is 0 Å². The second-order valence-electron chi connectivity index (χ2n) is 6.34. The van der Waals surface area contributed by atoms with Crippen LogP contribution in [0, 0.1) is 6.92 Å². The Hall–Kier alpha value is -2.20. The molecule has 1 aliphatic rings. The van der Waals surface area contributed by atoms with Crippen LogP contribution in [0.4, 0.5) is 0 Å². The van der Waals surface area contributed by atoms with Crippen molar-refractivity contribution in [1.29, 1.82) is 0 Å². The molecule has 0 aliphatic carbocycles. The average Bonchev–Trinajstić information content (AvgIpc) is 3.15. The van der Waals surface area contributed by atoms with Gasteiger partial charge in [0.2, 0.25) is 15.9 Å². The fourth-order valence-electron chi connectivity index (χ4n) is 2.76. The van der Waals surface area contributed by atoms with Gasteiger partial charge in [0.1, 0.15) is 6.04 Å². The number of rotatable bonds is 5. The maximum absolute atomic E-state index is 12.3. The molecule has 0 spiro atoms. The van der Waals surface area contributed by atoms with Crippen molar-refractivity contribution in [3.63, 3.8) is 0 Å². The van der Waals surface area contributed by atoms with E-state index in [1.165, 1.54) is 10.6 Å². The highest BCUT2D eigenvalue weighted by molar-refractivity contribution is 7.88. The molecule has 0 saturated carbocycles. The molecule has 0 unspecified atom stereocenters. The van der Waals surface area contributed by atoms with Gasteiger partial charge in [-0.2, -0.15) is 14.5 Å². The van der Waals surface area contributed by atoms with E-state index in [9.17, 15) is 13.2 Å². The zero-order valence-corrected chi connectivity index (χ0v) is 15.3. The van der Waals surface area contributed by atoms with Gasteiger partial charge in [-0.05, 0) is 25.5 Å². The first kappa shape index (κ1) is 17.6. The topological polar surface area (TPSA) is 102 Å². The Labute approximate surface area is 146 Å². The molecule has 0 bridgehead atoms. The van der Waals surface area contributed by atoms with Gasteiger partial charge in [0, 0.05) is 12.7 Å². The van der Waals surface area contributed by atoms with Crippen molar-refractivity contribution >= 4 is 15.9 Å². The Balaban J connectivity index is 1.61. The maximum atomic E-state index is 12.3. The minimum Gasteiger partial charge on any atom is -0.349 e. The number of hydrogen-bond donors (Lipinski definition) is 1. The molecule has 136 valence electrons. The summed E-state index contributed by atoms with van der Waals surface area (Å²) in [5, 5.41) is 11.4. The Bertz CT molecular complexity index is 885. The monoisotopic (exact) mass is 366 g/mol. The molecule has 1 aliphatic heterocycles. The van der Waals surface area contributed by atoms with Crippen LogP contribution in [0.3, 0.4) is 0 Å². The van der Waals surface area contributed by atoms with Crippen LogP contribution in [0.25, 0.3) is 0 Å². The Kier molecular flexibility index (Phi) is 4.65. The van der Waals surface area contributed by atoms with Crippen molar-refractivity contribution in [2.45, 2.75) is 39.5 Å². The molecule has 10 heteroatoms. The number of hydrogen-bond acceptors (Lipinski definition) is 5. The highest BCUT2D eigenvalue weighted by atomic mass is 32.2. The summed E-state index contributed by atoms with van der Waals surface area (Å²) < 4.78 is 28.2. The van der Waals surface area contributed by atoms with Crippen molar-refractivity contribution < 1.29 is 13.2 Å². The zero-order valence-electron chi connectivity index (χ0n) is 14.5. The first-order valence-corrected chi connectivity index (χ1v) is 9.88. The molecule has 3 heterocycles. The highest BCUT2D eigenvalue weighted by Crippen LogP contribution is 2.16. The van der Waals surface area contributed by atoms with Crippen LogP contribution >= 0.6 is 0 Å². The van der Waals surface area contributed by atoms with E-state index in [1.807, 2.05) is 19.2 Å². The minimum absolute atomic E-state index is 0.146. The van der Waals surface area contributed by atoms with Gasteiger partial charge in [-0.15, -0.1) is 0 Å². The minimum atomic E-state index is -3.21. The van der Waals surface area contributed by atoms with E-state index in [4.69, 9.17) is 0 Å². The third kappa shape index (κ3) is 3.90. The number of nitrogens with zero attached hydrogens (tertiary/aromatic N) is 5. The van der Waals surface area contributed by atoms with Crippen molar-refractivity contribution in [2.75, 3.05) is 12.8 Å². The summed E-state index contributed by atoms with van der Waals surface area (Å²) >= 11 is 0. The molecule has 0 fully saturated rings. The molecule has 2 aromatic heterocycles. The molecule has 1 amide bonds. The van der Waals surface area contributed by atoms with E-state index in [1.54, 1.807) is 22.5 Å². The normalized spacial score (nSPS) is 16.4. The number of carbonyl (C=O) groups is 1. The van der Waals surface area contributed by atoms with Gasteiger partial charge in [0.25, 0.3) is 0 Å². The number of sulfonamides is 1. The van der Waals surface area contributed by atoms with Gasteiger partial charge >= 0.3 is 0 Å². The summed E-state index contributed by atoms with van der Waals surface area (Å²) in [5.41, 5.74) is 2.54. The van der Waals surface area contributed by atoms with Gasteiger partial charge in [-0.1, -0.05) is 0 Å². The quantitative estimate of drug-likeness (QED) is 0.805. The molecule has 9 nitrogen and oxygen atoms in total. The van der Waals surface area contributed by atoms with E-state index < -0.39 is 16.1 Å². The predicted molar refractivity (Wildman–Crippen MR) is 91.0 cm³/mol. The first-order valence-electron chi connectivity index (χ1n) is 8.03. The lowest BCUT2D eigenvalue weighted by molar-refractivity contribution is -0.124. The van der Waals surface area contributed by atoms with Gasteiger partial charge in [0.05, 0.1) is 43.5 Å². The Morgan fingerprint density at radius 2 is 2.16 bits per heavy atom. The average molecular weight is 366 g/mol. The molecule has 1 atom stereocenters. The Morgan fingerprint density at radius 3 is 2.80 bits per heavy atom. The smallest absolute Gasteiger partial charge is 0.244 e. The van der Waals surface area contributed by atoms with Crippen LogP contribution in [0.2, 0.25) is 0 Å². The van der Waals surface area contributed by atoms with E-state index in [0.717, 1.165) is 11.3 Å². The third-order valence-electron chi connectivity index (χ3n) is 4.23. The van der Waals surface area contributed by atoms with Gasteiger partial charge < -0.3 is 5.32 Å². The van der Waals surface area contributed by atoms with E-state index in [2.05, 4.69) is 15.5 Å². The van der Waals surface area contributed by atoms with E-state index in [-0.39, 0.29) is 5.91 Å². The van der Waals surface area contributed by atoms with Crippen LogP contribution in [-0.2, 0) is 34.5 Å². The summed E-state index contributed by atoms with van der Waals surface area (Å²) in [6.07, 6.45) is 4.73. The van der Waals surface area contributed by atoms with Crippen LogP contribution in [-0.4, -0.2) is 51.0 Å². The molecule has 0 saturated heterocycles. The molecule has 0 radical (unpaired) electrons. The third-order valence-corrected chi connectivity index (χ3v) is 5.48. The summed E-state index contributed by atoms with van der Waals surface area (Å²) in [4.78, 5) is 12.3. The largest absolute Gasteiger partial charge is 0.349 e. The second kappa shape index (κ2) is 6.60. The fraction of sp³-hybridized carbons (Fsp3) is 0.533. The van der Waals surface area contributed by atoms with Crippen LogP contribution < -0.4 is 5.32 Å². The molecule has 25 heavy (non-hydrogen) atoms. The van der Waals surface area contributed by atoms with Gasteiger partial charge in [-0.25, -0.2) is 8.42 Å². The molecule has 1 N–H and O–H groups in total. The zero-order chi connectivity index (χ0) is 18.2. The van der Waals surface area contributed by atoms with Crippen LogP contribution in [0.15, 0.2) is 18.5 Å².